The summed E-state index contributed by atoms with van der Waals surface area (Å²) in [6.45, 7) is 4.24. The molecule has 4 nitrogen and oxygen atoms in total. The largest absolute Gasteiger partial charge is 0.493 e. The molecule has 0 unspecified atom stereocenters. The number of halogens is 1. The molecule has 2 aliphatic rings. The first kappa shape index (κ1) is 22.6. The number of amides is 1. The third-order valence-corrected chi connectivity index (χ3v) is 6.38. The van der Waals surface area contributed by atoms with Crippen LogP contribution in [0.25, 0.3) is 0 Å². The normalized spacial score (nSPS) is 17.4. The summed E-state index contributed by atoms with van der Waals surface area (Å²) in [4.78, 5) is 16.2. The quantitative estimate of drug-likeness (QED) is 0.597. The summed E-state index contributed by atoms with van der Waals surface area (Å²) < 4.78 is 6.11. The van der Waals surface area contributed by atoms with Crippen molar-refractivity contribution in [3.63, 3.8) is 0 Å². The van der Waals surface area contributed by atoms with Crippen LogP contribution in [0.15, 0.2) is 48.5 Å². The number of likely N-dealkylation sites (tertiary alicyclic amines) is 1. The van der Waals surface area contributed by atoms with Gasteiger partial charge in [0, 0.05) is 25.6 Å². The van der Waals surface area contributed by atoms with E-state index in [0.29, 0.717) is 6.42 Å². The first-order valence-corrected chi connectivity index (χ1v) is 11.0. The summed E-state index contributed by atoms with van der Waals surface area (Å²) in [5.41, 5.74) is 3.65. The zero-order chi connectivity index (χ0) is 20.1. The second-order valence-corrected chi connectivity index (χ2v) is 8.38. The minimum atomic E-state index is 0. The summed E-state index contributed by atoms with van der Waals surface area (Å²) in [6, 6.07) is 16.9. The van der Waals surface area contributed by atoms with Gasteiger partial charge in [0.2, 0.25) is 5.91 Å². The summed E-state index contributed by atoms with van der Waals surface area (Å²) >= 11 is 0. The monoisotopic (exact) mass is 428 g/mol. The van der Waals surface area contributed by atoms with Gasteiger partial charge in [-0.05, 0) is 68.8 Å². The molecule has 1 amide bonds. The van der Waals surface area contributed by atoms with Gasteiger partial charge in [-0.2, -0.15) is 0 Å². The van der Waals surface area contributed by atoms with Crippen molar-refractivity contribution in [2.45, 2.75) is 38.5 Å². The molecule has 2 aliphatic heterocycles. The van der Waals surface area contributed by atoms with Crippen molar-refractivity contribution in [1.29, 1.82) is 0 Å². The van der Waals surface area contributed by atoms with Gasteiger partial charge in [0.15, 0.2) is 0 Å². The highest BCUT2D eigenvalue weighted by atomic mass is 35.5. The minimum absolute atomic E-state index is 0. The number of ether oxygens (including phenoxy) is 1. The van der Waals surface area contributed by atoms with Gasteiger partial charge in [-0.3, -0.25) is 4.79 Å². The van der Waals surface area contributed by atoms with Crippen molar-refractivity contribution in [1.82, 2.24) is 4.90 Å². The third-order valence-electron chi connectivity index (χ3n) is 6.38. The standard InChI is InChI=1S/C25H32N2O2.ClH/c1-26-23-9-5-10-24(22(23)11-12-25(26)28)29-18-6-15-27-16-13-21(14-17-27)19-20-7-3-2-4-8-20;/h2-5,7-10,21H,6,11-19H2,1H3;1H. The van der Waals surface area contributed by atoms with Crippen LogP contribution < -0.4 is 9.64 Å². The molecule has 30 heavy (non-hydrogen) atoms. The number of carbonyl (C=O) groups excluding carboxylic acids is 1. The summed E-state index contributed by atoms with van der Waals surface area (Å²) in [5, 5.41) is 0. The van der Waals surface area contributed by atoms with Gasteiger partial charge in [-0.1, -0.05) is 36.4 Å². The Hall–Kier alpha value is -2.04. The number of rotatable bonds is 7. The first-order chi connectivity index (χ1) is 14.2. The Morgan fingerprint density at radius 1 is 1.00 bits per heavy atom. The molecule has 2 aromatic rings. The summed E-state index contributed by atoms with van der Waals surface area (Å²) in [5.74, 6) is 1.95. The number of hydrogen-bond donors (Lipinski definition) is 0. The second-order valence-electron chi connectivity index (χ2n) is 8.38. The van der Waals surface area contributed by atoms with Crippen molar-refractivity contribution in [2.24, 2.45) is 5.92 Å². The van der Waals surface area contributed by atoms with Gasteiger partial charge in [-0.15, -0.1) is 12.4 Å². The molecule has 0 radical (unpaired) electrons. The molecular weight excluding hydrogens is 396 g/mol. The number of fused-ring (bicyclic) bond motifs is 1. The van der Waals surface area contributed by atoms with Crippen molar-refractivity contribution in [2.75, 3.05) is 38.2 Å². The van der Waals surface area contributed by atoms with Gasteiger partial charge in [0.1, 0.15) is 5.75 Å². The molecule has 1 fully saturated rings. The molecule has 0 atom stereocenters. The first-order valence-electron chi connectivity index (χ1n) is 11.0. The smallest absolute Gasteiger partial charge is 0.227 e. The van der Waals surface area contributed by atoms with Crippen LogP contribution >= 0.6 is 12.4 Å². The SMILES string of the molecule is CN1C(=O)CCc2c(OCCCN3CCC(Cc4ccccc4)CC3)cccc21.Cl. The molecule has 5 heteroatoms. The van der Waals surface area contributed by atoms with Crippen molar-refractivity contribution in [3.05, 3.63) is 59.7 Å². The van der Waals surface area contributed by atoms with Crippen LogP contribution in [0, 0.1) is 5.92 Å². The van der Waals surface area contributed by atoms with Crippen LogP contribution in [0.4, 0.5) is 5.69 Å². The van der Waals surface area contributed by atoms with E-state index < -0.39 is 0 Å². The molecule has 0 spiro atoms. The summed E-state index contributed by atoms with van der Waals surface area (Å²) in [6.07, 6.45) is 6.20. The Bertz CT molecular complexity index is 819. The lowest BCUT2D eigenvalue weighted by atomic mass is 9.90. The number of carbonyl (C=O) groups is 1. The van der Waals surface area contributed by atoms with Crippen LogP contribution in [0.2, 0.25) is 0 Å². The molecule has 0 N–H and O–H groups in total. The topological polar surface area (TPSA) is 32.8 Å². The Labute approximate surface area is 186 Å². The lowest BCUT2D eigenvalue weighted by molar-refractivity contribution is -0.118. The predicted molar refractivity (Wildman–Crippen MR) is 125 cm³/mol. The van der Waals surface area contributed by atoms with E-state index in [9.17, 15) is 4.79 Å². The maximum Gasteiger partial charge on any atom is 0.227 e. The van der Waals surface area contributed by atoms with Gasteiger partial charge < -0.3 is 14.5 Å². The van der Waals surface area contributed by atoms with E-state index in [1.807, 2.05) is 25.2 Å². The minimum Gasteiger partial charge on any atom is -0.493 e. The average Bonchev–Trinajstić information content (AvgIpc) is 2.76. The fourth-order valence-corrected chi connectivity index (χ4v) is 4.62. The Morgan fingerprint density at radius 2 is 1.77 bits per heavy atom. The van der Waals surface area contributed by atoms with E-state index in [4.69, 9.17) is 4.74 Å². The third kappa shape index (κ3) is 5.55. The number of anilines is 1. The lowest BCUT2D eigenvalue weighted by Gasteiger charge is -2.32. The van der Waals surface area contributed by atoms with Crippen molar-refractivity contribution < 1.29 is 9.53 Å². The number of nitrogens with zero attached hydrogens (tertiary/aromatic N) is 2. The molecule has 4 rings (SSSR count). The van der Waals surface area contributed by atoms with Crippen LogP contribution in [-0.2, 0) is 17.6 Å². The molecule has 0 bridgehead atoms. The van der Waals surface area contributed by atoms with E-state index in [2.05, 4.69) is 35.2 Å². The number of benzene rings is 2. The Morgan fingerprint density at radius 3 is 2.53 bits per heavy atom. The molecule has 162 valence electrons. The number of hydrogen-bond acceptors (Lipinski definition) is 3. The van der Waals surface area contributed by atoms with Crippen LogP contribution in [0.1, 0.15) is 36.8 Å². The van der Waals surface area contributed by atoms with Gasteiger partial charge in [0.25, 0.3) is 0 Å². The van der Waals surface area contributed by atoms with Crippen molar-refractivity contribution in [3.8, 4) is 5.75 Å². The summed E-state index contributed by atoms with van der Waals surface area (Å²) in [7, 11) is 1.85. The molecular formula is C25H33ClN2O2. The van der Waals surface area contributed by atoms with Gasteiger partial charge in [-0.25, -0.2) is 0 Å². The molecule has 1 saturated heterocycles. The highest BCUT2D eigenvalue weighted by Crippen LogP contribution is 2.34. The molecule has 0 aromatic heterocycles. The molecule has 2 heterocycles. The van der Waals surface area contributed by atoms with E-state index >= 15 is 0 Å². The Kier molecular flexibility index (Phi) is 8.17. The highest BCUT2D eigenvalue weighted by molar-refractivity contribution is 5.96. The van der Waals surface area contributed by atoms with E-state index in [1.165, 1.54) is 43.5 Å². The van der Waals surface area contributed by atoms with Crippen molar-refractivity contribution >= 4 is 24.0 Å². The van der Waals surface area contributed by atoms with E-state index in [-0.39, 0.29) is 18.3 Å². The van der Waals surface area contributed by atoms with Gasteiger partial charge in [0.05, 0.1) is 12.3 Å². The van der Waals surface area contributed by atoms with E-state index in [1.54, 1.807) is 4.90 Å². The van der Waals surface area contributed by atoms with E-state index in [0.717, 1.165) is 43.3 Å². The van der Waals surface area contributed by atoms with Crippen LogP contribution in [0.5, 0.6) is 5.75 Å². The lowest BCUT2D eigenvalue weighted by Crippen LogP contribution is -2.35. The van der Waals surface area contributed by atoms with Crippen LogP contribution in [-0.4, -0.2) is 44.1 Å². The fourth-order valence-electron chi connectivity index (χ4n) is 4.62. The van der Waals surface area contributed by atoms with Gasteiger partial charge >= 0.3 is 0 Å². The highest BCUT2D eigenvalue weighted by Gasteiger charge is 2.23. The molecule has 2 aromatic carbocycles. The maximum atomic E-state index is 11.9. The fraction of sp³-hybridized carbons (Fsp3) is 0.480. The maximum absolute atomic E-state index is 11.9. The second kappa shape index (κ2) is 10.8. The zero-order valence-electron chi connectivity index (χ0n) is 17.9. The predicted octanol–water partition coefficient (Wildman–Crippen LogP) is 4.74. The van der Waals surface area contributed by atoms with Crippen LogP contribution in [0.3, 0.4) is 0 Å². The molecule has 0 saturated carbocycles. The number of piperidine rings is 1. The average molecular weight is 429 g/mol. The Balaban J connectivity index is 0.00000256. The zero-order valence-corrected chi connectivity index (χ0v) is 18.7. The molecule has 0 aliphatic carbocycles.